The van der Waals surface area contributed by atoms with Gasteiger partial charge in [-0.1, -0.05) is 24.3 Å². The van der Waals surface area contributed by atoms with Crippen LogP contribution in [0.5, 0.6) is 0 Å². The number of anilines is 1. The van der Waals surface area contributed by atoms with Gasteiger partial charge in [-0.2, -0.15) is 0 Å². The summed E-state index contributed by atoms with van der Waals surface area (Å²) in [6, 6.07) is 7.33. The van der Waals surface area contributed by atoms with Crippen molar-refractivity contribution in [1.82, 2.24) is 4.98 Å². The number of nitrogens with zero attached hydrogens (tertiary/aromatic N) is 2. The first-order chi connectivity index (χ1) is 10.2. The first kappa shape index (κ1) is 13.8. The van der Waals surface area contributed by atoms with Crippen LogP contribution < -0.4 is 4.90 Å². The molecule has 1 saturated heterocycles. The SMILES string of the molecule is O=C(O)c1cnc(N2CCOC(CO)C2)c2ccccc12. The molecule has 1 atom stereocenters. The molecule has 1 unspecified atom stereocenters. The summed E-state index contributed by atoms with van der Waals surface area (Å²) in [5.74, 6) is -0.252. The number of aromatic nitrogens is 1. The Morgan fingerprint density at radius 2 is 2.14 bits per heavy atom. The highest BCUT2D eigenvalue weighted by atomic mass is 16.5. The molecule has 110 valence electrons. The van der Waals surface area contributed by atoms with Crippen LogP contribution in [0.25, 0.3) is 10.8 Å². The van der Waals surface area contributed by atoms with E-state index in [2.05, 4.69) is 4.98 Å². The van der Waals surface area contributed by atoms with Crippen molar-refractivity contribution in [3.8, 4) is 0 Å². The van der Waals surface area contributed by atoms with Crippen molar-refractivity contribution in [1.29, 1.82) is 0 Å². The highest BCUT2D eigenvalue weighted by Crippen LogP contribution is 2.28. The van der Waals surface area contributed by atoms with Crippen molar-refractivity contribution in [3.63, 3.8) is 0 Å². The molecular formula is C15H16N2O4. The molecule has 1 aliphatic rings. The first-order valence-corrected chi connectivity index (χ1v) is 6.79. The lowest BCUT2D eigenvalue weighted by Crippen LogP contribution is -2.44. The van der Waals surface area contributed by atoms with Crippen LogP contribution >= 0.6 is 0 Å². The molecule has 6 heteroatoms. The van der Waals surface area contributed by atoms with Gasteiger partial charge in [-0.15, -0.1) is 0 Å². The second kappa shape index (κ2) is 5.67. The van der Waals surface area contributed by atoms with Gasteiger partial charge in [0, 0.05) is 30.1 Å². The number of carboxylic acid groups (broad SMARTS) is 1. The van der Waals surface area contributed by atoms with Crippen molar-refractivity contribution in [3.05, 3.63) is 36.0 Å². The molecular weight excluding hydrogens is 272 g/mol. The summed E-state index contributed by atoms with van der Waals surface area (Å²) in [5, 5.41) is 20.0. The molecule has 1 aromatic heterocycles. The maximum atomic E-state index is 11.3. The fourth-order valence-corrected chi connectivity index (χ4v) is 2.62. The molecule has 21 heavy (non-hydrogen) atoms. The lowest BCUT2D eigenvalue weighted by atomic mass is 10.1. The zero-order chi connectivity index (χ0) is 14.8. The van der Waals surface area contributed by atoms with E-state index < -0.39 is 5.97 Å². The summed E-state index contributed by atoms with van der Waals surface area (Å²) in [4.78, 5) is 17.6. The predicted molar refractivity (Wildman–Crippen MR) is 77.7 cm³/mol. The molecule has 0 spiro atoms. The van der Waals surface area contributed by atoms with Crippen LogP contribution in [0.2, 0.25) is 0 Å². The zero-order valence-electron chi connectivity index (χ0n) is 11.4. The number of benzene rings is 1. The Labute approximate surface area is 121 Å². The van der Waals surface area contributed by atoms with Gasteiger partial charge in [0.1, 0.15) is 5.82 Å². The van der Waals surface area contributed by atoms with Crippen LogP contribution in [0.3, 0.4) is 0 Å². The molecule has 0 aliphatic carbocycles. The van der Waals surface area contributed by atoms with Gasteiger partial charge in [-0.3, -0.25) is 0 Å². The Kier molecular flexibility index (Phi) is 3.72. The van der Waals surface area contributed by atoms with Gasteiger partial charge in [0.2, 0.25) is 0 Å². The van der Waals surface area contributed by atoms with Crippen LogP contribution in [0.15, 0.2) is 30.5 Å². The van der Waals surface area contributed by atoms with E-state index in [9.17, 15) is 15.0 Å². The summed E-state index contributed by atoms with van der Waals surface area (Å²) in [6.07, 6.45) is 1.15. The average molecular weight is 288 g/mol. The van der Waals surface area contributed by atoms with Gasteiger partial charge < -0.3 is 19.8 Å². The molecule has 0 amide bonds. The Morgan fingerprint density at radius 1 is 1.38 bits per heavy atom. The molecule has 0 saturated carbocycles. The third-order valence-corrected chi connectivity index (χ3v) is 3.65. The van der Waals surface area contributed by atoms with Gasteiger partial charge in [0.05, 0.1) is 24.9 Å². The predicted octanol–water partition coefficient (Wildman–Crippen LogP) is 1.13. The molecule has 2 heterocycles. The van der Waals surface area contributed by atoms with Gasteiger partial charge in [-0.05, 0) is 0 Å². The summed E-state index contributed by atoms with van der Waals surface area (Å²) in [7, 11) is 0. The minimum atomic E-state index is -0.986. The molecule has 1 aliphatic heterocycles. The van der Waals surface area contributed by atoms with Gasteiger partial charge >= 0.3 is 5.97 Å². The summed E-state index contributed by atoms with van der Waals surface area (Å²) >= 11 is 0. The van der Waals surface area contributed by atoms with Crippen molar-refractivity contribution in [2.75, 3.05) is 31.2 Å². The molecule has 2 aromatic rings. The van der Waals surface area contributed by atoms with Crippen LogP contribution in [0.1, 0.15) is 10.4 Å². The van der Waals surface area contributed by atoms with Gasteiger partial charge in [-0.25, -0.2) is 9.78 Å². The fourth-order valence-electron chi connectivity index (χ4n) is 2.62. The number of hydrogen-bond acceptors (Lipinski definition) is 5. The largest absolute Gasteiger partial charge is 0.478 e. The van der Waals surface area contributed by atoms with E-state index in [0.29, 0.717) is 25.1 Å². The third-order valence-electron chi connectivity index (χ3n) is 3.65. The number of aliphatic hydroxyl groups excluding tert-OH is 1. The van der Waals surface area contributed by atoms with Crippen LogP contribution in [0.4, 0.5) is 5.82 Å². The highest BCUT2D eigenvalue weighted by molar-refractivity contribution is 6.06. The third kappa shape index (κ3) is 2.55. The fraction of sp³-hybridized carbons (Fsp3) is 0.333. The lowest BCUT2D eigenvalue weighted by Gasteiger charge is -2.33. The molecule has 0 radical (unpaired) electrons. The van der Waals surface area contributed by atoms with Crippen molar-refractivity contribution in [2.24, 2.45) is 0 Å². The van der Waals surface area contributed by atoms with Gasteiger partial charge in [0.25, 0.3) is 0 Å². The lowest BCUT2D eigenvalue weighted by molar-refractivity contribution is 0.00344. The van der Waals surface area contributed by atoms with Gasteiger partial charge in [0.15, 0.2) is 0 Å². The topological polar surface area (TPSA) is 82.9 Å². The smallest absolute Gasteiger partial charge is 0.337 e. The van der Waals surface area contributed by atoms with Crippen molar-refractivity contribution in [2.45, 2.75) is 6.10 Å². The highest BCUT2D eigenvalue weighted by Gasteiger charge is 2.23. The van der Waals surface area contributed by atoms with E-state index in [0.717, 1.165) is 11.2 Å². The van der Waals surface area contributed by atoms with E-state index in [1.807, 2.05) is 23.1 Å². The van der Waals surface area contributed by atoms with Crippen molar-refractivity contribution < 1.29 is 19.7 Å². The summed E-state index contributed by atoms with van der Waals surface area (Å²) in [5.41, 5.74) is 0.196. The number of morpholine rings is 1. The monoisotopic (exact) mass is 288 g/mol. The maximum Gasteiger partial charge on any atom is 0.337 e. The second-order valence-corrected chi connectivity index (χ2v) is 4.97. The number of hydrogen-bond donors (Lipinski definition) is 2. The van der Waals surface area contributed by atoms with E-state index in [-0.39, 0.29) is 18.3 Å². The van der Waals surface area contributed by atoms with E-state index in [4.69, 9.17) is 4.74 Å². The number of rotatable bonds is 3. The number of aromatic carboxylic acids is 1. The standard InChI is InChI=1S/C15H16N2O4/c18-9-10-8-17(5-6-21-10)14-12-4-2-1-3-11(12)13(7-16-14)15(19)20/h1-4,7,10,18H,5-6,8-9H2,(H,19,20). The Hall–Kier alpha value is -2.18. The molecule has 2 N–H and O–H groups in total. The summed E-state index contributed by atoms with van der Waals surface area (Å²) in [6.45, 7) is 1.68. The number of aliphatic hydroxyl groups is 1. The van der Waals surface area contributed by atoms with Crippen LogP contribution in [0, 0.1) is 0 Å². The van der Waals surface area contributed by atoms with E-state index >= 15 is 0 Å². The number of pyridine rings is 1. The van der Waals surface area contributed by atoms with Crippen LogP contribution in [-0.4, -0.2) is 53.6 Å². The Morgan fingerprint density at radius 3 is 2.86 bits per heavy atom. The molecule has 1 fully saturated rings. The first-order valence-electron chi connectivity index (χ1n) is 6.79. The Bertz CT molecular complexity index is 674. The zero-order valence-corrected chi connectivity index (χ0v) is 11.4. The number of ether oxygens (including phenoxy) is 1. The summed E-state index contributed by atoms with van der Waals surface area (Å²) < 4.78 is 5.44. The molecule has 0 bridgehead atoms. The second-order valence-electron chi connectivity index (χ2n) is 4.97. The minimum Gasteiger partial charge on any atom is -0.478 e. The number of fused-ring (bicyclic) bond motifs is 1. The average Bonchev–Trinajstić information content (AvgIpc) is 2.53. The quantitative estimate of drug-likeness (QED) is 0.881. The molecule has 6 nitrogen and oxygen atoms in total. The number of carboxylic acids is 1. The maximum absolute atomic E-state index is 11.3. The normalized spacial score (nSPS) is 18.9. The van der Waals surface area contributed by atoms with Crippen molar-refractivity contribution >= 4 is 22.6 Å². The molecule has 3 rings (SSSR count). The van der Waals surface area contributed by atoms with E-state index in [1.165, 1.54) is 6.20 Å². The number of carbonyl (C=O) groups is 1. The Balaban J connectivity index is 2.07. The minimum absolute atomic E-state index is 0.0400. The molecule has 1 aromatic carbocycles. The van der Waals surface area contributed by atoms with E-state index in [1.54, 1.807) is 6.07 Å². The van der Waals surface area contributed by atoms with Crippen LogP contribution in [-0.2, 0) is 4.74 Å².